The number of ether oxygens (including phenoxy) is 3. The van der Waals surface area contributed by atoms with E-state index in [0.717, 1.165) is 24.9 Å². The summed E-state index contributed by atoms with van der Waals surface area (Å²) in [5, 5.41) is 2.81. The van der Waals surface area contributed by atoms with Gasteiger partial charge >= 0.3 is 5.97 Å². The van der Waals surface area contributed by atoms with Gasteiger partial charge in [-0.2, -0.15) is 4.39 Å². The van der Waals surface area contributed by atoms with E-state index in [4.69, 9.17) is 9.47 Å². The number of alkyl halides is 2. The summed E-state index contributed by atoms with van der Waals surface area (Å²) in [5.74, 6) is -2.70. The summed E-state index contributed by atoms with van der Waals surface area (Å²) in [4.78, 5) is 28.2. The minimum absolute atomic E-state index is 0.0589. The topological polar surface area (TPSA) is 108 Å². The minimum atomic E-state index is -2.68. The lowest BCUT2D eigenvalue weighted by Crippen LogP contribution is -2.10. The van der Waals surface area contributed by atoms with Crippen LogP contribution in [0.15, 0.2) is 54.9 Å². The van der Waals surface area contributed by atoms with Gasteiger partial charge < -0.3 is 19.5 Å². The lowest BCUT2D eigenvalue weighted by molar-refractivity contribution is 0.0595. The van der Waals surface area contributed by atoms with Crippen LogP contribution < -0.4 is 14.8 Å². The van der Waals surface area contributed by atoms with Gasteiger partial charge in [0.05, 0.1) is 31.7 Å². The number of nitrogens with zero attached hydrogens (tertiary/aromatic N) is 4. The first kappa shape index (κ1) is 27.2. The quantitative estimate of drug-likeness (QED) is 0.220. The molecule has 0 saturated heterocycles. The van der Waals surface area contributed by atoms with E-state index in [9.17, 15) is 18.0 Å². The van der Waals surface area contributed by atoms with Crippen molar-refractivity contribution in [3.8, 4) is 34.3 Å². The second-order valence-corrected chi connectivity index (χ2v) is 7.89. The molecule has 9 nitrogen and oxygen atoms in total. The number of hydrogen-bond acceptors (Lipinski definition) is 9. The number of benzene rings is 1. The first-order valence-corrected chi connectivity index (χ1v) is 11.3. The van der Waals surface area contributed by atoms with Crippen LogP contribution in [0.5, 0.6) is 11.6 Å². The second kappa shape index (κ2) is 12.2. The maximum absolute atomic E-state index is 15.3. The first-order chi connectivity index (χ1) is 18.8. The highest BCUT2D eigenvalue weighted by Gasteiger charge is 2.23. The summed E-state index contributed by atoms with van der Waals surface area (Å²) in [6.45, 7) is -0.611. The van der Waals surface area contributed by atoms with Crippen LogP contribution in [0.4, 0.5) is 23.4 Å². The van der Waals surface area contributed by atoms with Crippen molar-refractivity contribution in [3.63, 3.8) is 0 Å². The van der Waals surface area contributed by atoms with Crippen LogP contribution in [0.25, 0.3) is 22.6 Å². The van der Waals surface area contributed by atoms with Crippen molar-refractivity contribution in [2.75, 3.05) is 26.1 Å². The Bertz CT molecular complexity index is 1450. The Hall–Kier alpha value is -4.81. The Labute approximate surface area is 219 Å². The Kier molecular flexibility index (Phi) is 8.49. The van der Waals surface area contributed by atoms with Crippen LogP contribution in [0, 0.1) is 11.8 Å². The van der Waals surface area contributed by atoms with Crippen molar-refractivity contribution < 1.29 is 36.6 Å². The van der Waals surface area contributed by atoms with E-state index in [1.807, 2.05) is 0 Å². The molecule has 0 spiro atoms. The van der Waals surface area contributed by atoms with Gasteiger partial charge in [0.15, 0.2) is 18.2 Å². The Balaban J connectivity index is 1.63. The Morgan fingerprint density at radius 2 is 1.74 bits per heavy atom. The standard InChI is InChI=1S/C26H21F4N5O4/c1-37-16-6-3-14(4-7-16)10-32-25-24(30)35-19(12-33-25)23-22(29)17(26(36)38-2)9-18(34-23)15-5-8-21(31-11-15)39-13-20(27)28/h3-9,11-12,20H,10,13H2,1-2H3,(H,32,33). The predicted molar refractivity (Wildman–Crippen MR) is 132 cm³/mol. The molecule has 4 aromatic rings. The molecular weight excluding hydrogens is 522 g/mol. The maximum Gasteiger partial charge on any atom is 0.341 e. The average molecular weight is 543 g/mol. The molecule has 0 aliphatic rings. The number of hydrogen-bond donors (Lipinski definition) is 1. The van der Waals surface area contributed by atoms with Gasteiger partial charge in [0.2, 0.25) is 5.88 Å². The first-order valence-electron chi connectivity index (χ1n) is 11.3. The lowest BCUT2D eigenvalue weighted by Gasteiger charge is -2.12. The Morgan fingerprint density at radius 3 is 2.36 bits per heavy atom. The molecular formula is C26H21F4N5O4. The molecule has 0 atom stereocenters. The molecule has 0 fully saturated rings. The molecule has 0 saturated carbocycles. The highest BCUT2D eigenvalue weighted by atomic mass is 19.3. The van der Waals surface area contributed by atoms with Crippen molar-refractivity contribution in [2.24, 2.45) is 0 Å². The second-order valence-electron chi connectivity index (χ2n) is 7.89. The number of esters is 1. The number of nitrogens with one attached hydrogen (secondary N) is 1. The SMILES string of the molecule is COC(=O)c1cc(-c2ccc(OCC(F)F)nc2)nc(-c2cnc(NCc3ccc(OC)cc3)c(F)n2)c1F. The smallest absolute Gasteiger partial charge is 0.341 e. The van der Waals surface area contributed by atoms with Gasteiger partial charge in [0, 0.05) is 24.4 Å². The van der Waals surface area contributed by atoms with Gasteiger partial charge in [-0.1, -0.05) is 12.1 Å². The van der Waals surface area contributed by atoms with E-state index in [1.54, 1.807) is 31.4 Å². The molecule has 3 aromatic heterocycles. The number of methoxy groups -OCH3 is 2. The number of aromatic nitrogens is 4. The molecule has 39 heavy (non-hydrogen) atoms. The van der Waals surface area contributed by atoms with Crippen molar-refractivity contribution >= 4 is 11.8 Å². The van der Waals surface area contributed by atoms with E-state index < -0.39 is 42.0 Å². The van der Waals surface area contributed by atoms with Gasteiger partial charge in [0.1, 0.15) is 17.1 Å². The molecule has 4 rings (SSSR count). The average Bonchev–Trinajstić information content (AvgIpc) is 2.95. The van der Waals surface area contributed by atoms with Crippen LogP contribution in [-0.2, 0) is 11.3 Å². The molecule has 0 unspecified atom stereocenters. The maximum atomic E-state index is 15.3. The van der Waals surface area contributed by atoms with Crippen LogP contribution in [0.2, 0.25) is 0 Å². The van der Waals surface area contributed by atoms with E-state index in [2.05, 4.69) is 30.0 Å². The Morgan fingerprint density at radius 1 is 0.974 bits per heavy atom. The zero-order valence-electron chi connectivity index (χ0n) is 20.6. The van der Waals surface area contributed by atoms with E-state index in [0.29, 0.717) is 5.75 Å². The molecule has 0 amide bonds. The number of pyridine rings is 2. The number of halogens is 4. The number of carbonyl (C=O) groups is 1. The molecule has 0 aliphatic heterocycles. The summed E-state index contributed by atoms with van der Waals surface area (Å²) in [5.41, 5.74) is -0.0561. The van der Waals surface area contributed by atoms with Gasteiger partial charge in [-0.3, -0.25) is 0 Å². The molecule has 1 N–H and O–H groups in total. The van der Waals surface area contributed by atoms with Crippen LogP contribution >= 0.6 is 0 Å². The monoisotopic (exact) mass is 543 g/mol. The lowest BCUT2D eigenvalue weighted by atomic mass is 10.1. The van der Waals surface area contributed by atoms with Gasteiger partial charge in [0.25, 0.3) is 12.4 Å². The normalized spacial score (nSPS) is 10.8. The summed E-state index contributed by atoms with van der Waals surface area (Å²) in [7, 11) is 2.61. The predicted octanol–water partition coefficient (Wildman–Crippen LogP) is 4.93. The fourth-order valence-electron chi connectivity index (χ4n) is 3.40. The van der Waals surface area contributed by atoms with Crippen molar-refractivity contribution in [3.05, 3.63) is 77.8 Å². The number of anilines is 1. The molecule has 1 aromatic carbocycles. The third-order valence-corrected chi connectivity index (χ3v) is 5.34. The van der Waals surface area contributed by atoms with Crippen molar-refractivity contribution in [1.29, 1.82) is 0 Å². The van der Waals surface area contributed by atoms with Crippen LogP contribution in [-0.4, -0.2) is 53.2 Å². The summed E-state index contributed by atoms with van der Waals surface area (Å²) < 4.78 is 69.5. The van der Waals surface area contributed by atoms with Crippen LogP contribution in [0.1, 0.15) is 15.9 Å². The van der Waals surface area contributed by atoms with E-state index in [1.165, 1.54) is 18.3 Å². The van der Waals surface area contributed by atoms with Crippen LogP contribution in [0.3, 0.4) is 0 Å². The molecule has 13 heteroatoms. The molecule has 0 bridgehead atoms. The largest absolute Gasteiger partial charge is 0.497 e. The summed E-state index contributed by atoms with van der Waals surface area (Å²) in [6, 6.07) is 10.9. The highest BCUT2D eigenvalue weighted by molar-refractivity contribution is 5.92. The third-order valence-electron chi connectivity index (χ3n) is 5.34. The molecule has 0 aliphatic carbocycles. The van der Waals surface area contributed by atoms with Crippen molar-refractivity contribution in [1.82, 2.24) is 19.9 Å². The fourth-order valence-corrected chi connectivity index (χ4v) is 3.40. The highest BCUT2D eigenvalue weighted by Crippen LogP contribution is 2.29. The number of rotatable bonds is 10. The van der Waals surface area contributed by atoms with Gasteiger partial charge in [-0.25, -0.2) is 37.9 Å². The van der Waals surface area contributed by atoms with E-state index >= 15 is 4.39 Å². The van der Waals surface area contributed by atoms with Crippen molar-refractivity contribution in [2.45, 2.75) is 13.0 Å². The third kappa shape index (κ3) is 6.55. The zero-order valence-corrected chi connectivity index (χ0v) is 20.6. The molecule has 0 radical (unpaired) electrons. The summed E-state index contributed by atoms with van der Waals surface area (Å²) >= 11 is 0. The summed E-state index contributed by atoms with van der Waals surface area (Å²) in [6.07, 6.45) is -0.333. The minimum Gasteiger partial charge on any atom is -0.497 e. The molecule has 202 valence electrons. The van der Waals surface area contributed by atoms with E-state index in [-0.39, 0.29) is 35.2 Å². The zero-order chi connectivity index (χ0) is 27.9. The molecule has 3 heterocycles. The fraction of sp³-hybridized carbons (Fsp3) is 0.192. The van der Waals surface area contributed by atoms with Gasteiger partial charge in [-0.15, -0.1) is 0 Å². The van der Waals surface area contributed by atoms with Gasteiger partial charge in [-0.05, 0) is 29.8 Å². The number of carbonyl (C=O) groups excluding carboxylic acids is 1.